The van der Waals surface area contributed by atoms with Crippen LogP contribution in [-0.2, 0) is 4.74 Å². The van der Waals surface area contributed by atoms with Crippen molar-refractivity contribution in [3.63, 3.8) is 0 Å². The molecule has 2 aromatic rings. The molecule has 128 valence electrons. The summed E-state index contributed by atoms with van der Waals surface area (Å²) in [5, 5.41) is 1.60. The van der Waals surface area contributed by atoms with Crippen molar-refractivity contribution < 1.29 is 9.53 Å². The average molecular weight is 346 g/mol. The number of ether oxygens (including phenoxy) is 1. The van der Waals surface area contributed by atoms with Gasteiger partial charge in [-0.05, 0) is 26.0 Å². The van der Waals surface area contributed by atoms with Crippen molar-refractivity contribution in [1.82, 2.24) is 4.98 Å². The molecular formula is C17H22N4O2S. The van der Waals surface area contributed by atoms with E-state index in [4.69, 9.17) is 10.5 Å². The van der Waals surface area contributed by atoms with Gasteiger partial charge in [0.15, 0.2) is 0 Å². The number of esters is 1. The minimum atomic E-state index is -0.331. The van der Waals surface area contributed by atoms with Crippen molar-refractivity contribution in [2.75, 3.05) is 48.3 Å². The Kier molecular flexibility index (Phi) is 4.89. The van der Waals surface area contributed by atoms with Crippen LogP contribution in [0.5, 0.6) is 0 Å². The standard InChI is InChI=1S/C17H22N4O2S/c1-3-23-17(22)14-12(2)16(24-15(14)18)21-10-8-20(9-11-21)13-6-4-5-7-19-13/h4-7H,3,8-11,18H2,1-2H3. The molecule has 2 N–H and O–H groups in total. The summed E-state index contributed by atoms with van der Waals surface area (Å²) in [5.41, 5.74) is 7.51. The van der Waals surface area contributed by atoms with Crippen molar-refractivity contribution in [1.29, 1.82) is 0 Å². The Hall–Kier alpha value is -2.28. The predicted molar refractivity (Wildman–Crippen MR) is 98.1 cm³/mol. The number of rotatable bonds is 4. The van der Waals surface area contributed by atoms with Crippen molar-refractivity contribution in [3.05, 3.63) is 35.5 Å². The largest absolute Gasteiger partial charge is 0.462 e. The molecular weight excluding hydrogens is 324 g/mol. The molecule has 0 amide bonds. The van der Waals surface area contributed by atoms with Crippen LogP contribution in [0.4, 0.5) is 15.8 Å². The van der Waals surface area contributed by atoms with E-state index < -0.39 is 0 Å². The van der Waals surface area contributed by atoms with Gasteiger partial charge in [-0.1, -0.05) is 6.07 Å². The first-order valence-corrected chi connectivity index (χ1v) is 8.90. The van der Waals surface area contributed by atoms with Gasteiger partial charge in [-0.15, -0.1) is 11.3 Å². The van der Waals surface area contributed by atoms with Crippen LogP contribution in [0.1, 0.15) is 22.8 Å². The zero-order chi connectivity index (χ0) is 17.1. The average Bonchev–Trinajstić information content (AvgIpc) is 2.90. The highest BCUT2D eigenvalue weighted by Gasteiger charge is 2.26. The number of pyridine rings is 1. The molecule has 1 aliphatic rings. The molecule has 3 rings (SSSR count). The number of carbonyl (C=O) groups excluding carboxylic acids is 1. The summed E-state index contributed by atoms with van der Waals surface area (Å²) in [7, 11) is 0. The number of aromatic nitrogens is 1. The number of piperazine rings is 1. The molecule has 0 aromatic carbocycles. The van der Waals surface area contributed by atoms with Gasteiger partial charge < -0.3 is 20.3 Å². The molecule has 0 atom stereocenters. The van der Waals surface area contributed by atoms with E-state index in [-0.39, 0.29) is 5.97 Å². The number of carbonyl (C=O) groups is 1. The first kappa shape index (κ1) is 16.6. The van der Waals surface area contributed by atoms with Gasteiger partial charge in [-0.3, -0.25) is 0 Å². The van der Waals surface area contributed by atoms with E-state index in [1.807, 2.05) is 31.3 Å². The summed E-state index contributed by atoms with van der Waals surface area (Å²) in [6.07, 6.45) is 1.82. The number of nitrogens with two attached hydrogens (primary N) is 1. The van der Waals surface area contributed by atoms with Crippen LogP contribution < -0.4 is 15.5 Å². The lowest BCUT2D eigenvalue weighted by molar-refractivity contribution is 0.0527. The summed E-state index contributed by atoms with van der Waals surface area (Å²) in [6.45, 7) is 7.63. The van der Waals surface area contributed by atoms with Gasteiger partial charge in [-0.25, -0.2) is 9.78 Å². The number of hydrogen-bond donors (Lipinski definition) is 1. The van der Waals surface area contributed by atoms with Gasteiger partial charge in [0, 0.05) is 37.9 Å². The third-order valence-electron chi connectivity index (χ3n) is 4.17. The molecule has 6 nitrogen and oxygen atoms in total. The Bertz CT molecular complexity index is 709. The summed E-state index contributed by atoms with van der Waals surface area (Å²) < 4.78 is 5.12. The van der Waals surface area contributed by atoms with E-state index >= 15 is 0 Å². The number of anilines is 3. The molecule has 0 aliphatic carbocycles. The van der Waals surface area contributed by atoms with E-state index in [9.17, 15) is 4.79 Å². The molecule has 7 heteroatoms. The summed E-state index contributed by atoms with van der Waals surface area (Å²) in [6, 6.07) is 5.96. The summed E-state index contributed by atoms with van der Waals surface area (Å²) >= 11 is 1.47. The molecule has 0 saturated carbocycles. The minimum Gasteiger partial charge on any atom is -0.462 e. The molecule has 0 radical (unpaired) electrons. The quantitative estimate of drug-likeness (QED) is 0.858. The fraction of sp³-hybridized carbons (Fsp3) is 0.412. The molecule has 1 saturated heterocycles. The third-order valence-corrected chi connectivity index (χ3v) is 5.35. The molecule has 24 heavy (non-hydrogen) atoms. The highest BCUT2D eigenvalue weighted by Crippen LogP contribution is 2.38. The van der Waals surface area contributed by atoms with Crippen molar-refractivity contribution in [2.24, 2.45) is 0 Å². The molecule has 2 aromatic heterocycles. The van der Waals surface area contributed by atoms with Gasteiger partial charge in [0.05, 0.1) is 17.2 Å². The van der Waals surface area contributed by atoms with Gasteiger partial charge in [0.1, 0.15) is 10.8 Å². The lowest BCUT2D eigenvalue weighted by Gasteiger charge is -2.36. The molecule has 0 spiro atoms. The van der Waals surface area contributed by atoms with Crippen LogP contribution in [0.2, 0.25) is 0 Å². The maximum atomic E-state index is 12.1. The van der Waals surface area contributed by atoms with Gasteiger partial charge in [0.25, 0.3) is 0 Å². The normalized spacial score (nSPS) is 14.8. The second-order valence-electron chi connectivity index (χ2n) is 5.65. The number of hydrogen-bond acceptors (Lipinski definition) is 7. The highest BCUT2D eigenvalue weighted by atomic mass is 32.1. The van der Waals surface area contributed by atoms with Crippen molar-refractivity contribution in [3.8, 4) is 0 Å². The van der Waals surface area contributed by atoms with Crippen molar-refractivity contribution in [2.45, 2.75) is 13.8 Å². The van der Waals surface area contributed by atoms with Crippen molar-refractivity contribution >= 4 is 33.1 Å². The van der Waals surface area contributed by atoms with Gasteiger partial charge in [0.2, 0.25) is 0 Å². The van der Waals surface area contributed by atoms with Crippen LogP contribution >= 0.6 is 11.3 Å². The fourth-order valence-electron chi connectivity index (χ4n) is 2.96. The van der Waals surface area contributed by atoms with E-state index in [0.29, 0.717) is 17.2 Å². The highest BCUT2D eigenvalue weighted by molar-refractivity contribution is 7.20. The Labute approximate surface area is 145 Å². The van der Waals surface area contributed by atoms with Crippen LogP contribution in [0, 0.1) is 6.92 Å². The zero-order valence-corrected chi connectivity index (χ0v) is 14.8. The smallest absolute Gasteiger partial charge is 0.341 e. The molecule has 3 heterocycles. The van der Waals surface area contributed by atoms with Crippen LogP contribution in [0.25, 0.3) is 0 Å². The Balaban J connectivity index is 1.73. The summed E-state index contributed by atoms with van der Waals surface area (Å²) in [4.78, 5) is 21.1. The Morgan fingerprint density at radius 1 is 1.29 bits per heavy atom. The van der Waals surface area contributed by atoms with Gasteiger partial charge in [-0.2, -0.15) is 0 Å². The van der Waals surface area contributed by atoms with E-state index in [1.165, 1.54) is 11.3 Å². The monoisotopic (exact) mass is 346 g/mol. The Morgan fingerprint density at radius 2 is 2.00 bits per heavy atom. The fourth-order valence-corrected chi connectivity index (χ4v) is 4.08. The van der Waals surface area contributed by atoms with Crippen LogP contribution in [-0.4, -0.2) is 43.7 Å². The lowest BCUT2D eigenvalue weighted by atomic mass is 10.2. The second kappa shape index (κ2) is 7.09. The third kappa shape index (κ3) is 3.17. The SMILES string of the molecule is CCOC(=O)c1c(N)sc(N2CCN(c3ccccn3)CC2)c1C. The molecule has 1 fully saturated rings. The predicted octanol–water partition coefficient (Wildman–Crippen LogP) is 2.54. The Morgan fingerprint density at radius 3 is 2.62 bits per heavy atom. The first-order chi connectivity index (χ1) is 11.6. The minimum absolute atomic E-state index is 0.331. The first-order valence-electron chi connectivity index (χ1n) is 8.08. The summed E-state index contributed by atoms with van der Waals surface area (Å²) in [5.74, 6) is 0.675. The van der Waals surface area contributed by atoms with E-state index in [2.05, 4.69) is 14.8 Å². The van der Waals surface area contributed by atoms with Crippen LogP contribution in [0.3, 0.4) is 0 Å². The zero-order valence-electron chi connectivity index (χ0n) is 14.0. The maximum Gasteiger partial charge on any atom is 0.341 e. The van der Waals surface area contributed by atoms with Gasteiger partial charge >= 0.3 is 5.97 Å². The van der Waals surface area contributed by atoms with E-state index in [0.717, 1.165) is 42.6 Å². The second-order valence-corrected chi connectivity index (χ2v) is 6.68. The van der Waals surface area contributed by atoms with E-state index in [1.54, 1.807) is 6.92 Å². The maximum absolute atomic E-state index is 12.1. The molecule has 0 bridgehead atoms. The number of thiophene rings is 1. The number of nitrogens with zero attached hydrogens (tertiary/aromatic N) is 3. The topological polar surface area (TPSA) is 71.7 Å². The lowest BCUT2D eigenvalue weighted by Crippen LogP contribution is -2.46. The number of nitrogen functional groups attached to an aromatic ring is 1. The molecule has 0 unspecified atom stereocenters. The molecule has 1 aliphatic heterocycles. The van der Waals surface area contributed by atoms with Crippen LogP contribution in [0.15, 0.2) is 24.4 Å².